The van der Waals surface area contributed by atoms with Gasteiger partial charge < -0.3 is 4.90 Å². The topological polar surface area (TPSA) is 3.24 Å². The molecule has 1 nitrogen and oxygen atoms in total. The molecule has 4 fully saturated rings. The zero-order chi connectivity index (χ0) is 38.1. The average Bonchev–Trinajstić information content (AvgIpc) is 3.97. The Balaban J connectivity index is 1.11. The van der Waals surface area contributed by atoms with Gasteiger partial charge in [-0.15, -0.1) is 0 Å². The molecule has 3 atom stereocenters. The summed E-state index contributed by atoms with van der Waals surface area (Å²) in [4.78, 5) is 2.64. The first-order valence-corrected chi connectivity index (χ1v) is 22.8. The van der Waals surface area contributed by atoms with Crippen LogP contribution < -0.4 is 4.90 Å². The van der Waals surface area contributed by atoms with E-state index in [9.17, 15) is 0 Å². The van der Waals surface area contributed by atoms with E-state index in [0.717, 1.165) is 17.8 Å². The van der Waals surface area contributed by atoms with Gasteiger partial charge in [0.1, 0.15) is 0 Å². The molecule has 288 valence electrons. The molecule has 0 aliphatic heterocycles. The number of hydrogen-bond acceptors (Lipinski definition) is 1. The molecule has 57 heavy (non-hydrogen) atoms. The van der Waals surface area contributed by atoms with E-state index in [-0.39, 0.29) is 5.41 Å². The van der Waals surface area contributed by atoms with E-state index >= 15 is 0 Å². The summed E-state index contributed by atoms with van der Waals surface area (Å²) in [7, 11) is 0. The van der Waals surface area contributed by atoms with Crippen molar-refractivity contribution in [2.24, 2.45) is 11.8 Å². The monoisotopic (exact) mass is 745 g/mol. The van der Waals surface area contributed by atoms with Crippen LogP contribution in [0.1, 0.15) is 149 Å². The number of fused-ring (bicyclic) bond motifs is 6. The molecule has 0 saturated heterocycles. The molecule has 6 aromatic carbocycles. The molecule has 0 spiro atoms. The highest BCUT2D eigenvalue weighted by molar-refractivity contribution is 6.02. The fourth-order valence-corrected chi connectivity index (χ4v) is 12.6. The van der Waals surface area contributed by atoms with Gasteiger partial charge in [-0.05, 0) is 155 Å². The standard InChI is InChI=1S/C56H59N/c1-56(2)52-18-10-9-17-48(52)51-35-50(42-24-22-40(23-25-42)38-12-5-3-6-13-38)55(36-53(51)56)57(46-29-26-41(27-30-46)49-33-37-20-21-45(49)32-37)54-19-11-16-44-34-43(28-31-47(44)54)39-14-7-4-8-15-39/h9-11,16-19,22-31,34-39,45,49H,3-8,12-15,20-21,32-33H2,1-2H3. The van der Waals surface area contributed by atoms with Crippen molar-refractivity contribution in [2.45, 2.75) is 127 Å². The van der Waals surface area contributed by atoms with Crippen molar-refractivity contribution in [1.29, 1.82) is 0 Å². The SMILES string of the molecule is CC1(C)c2ccccc2-c2cc(-c3ccc(C4CCCCC4)cc3)c(N(c3ccc(C4CC5CCC4C5)cc3)c3cccc4cc(C5CCCCC5)ccc34)cc21. The minimum absolute atomic E-state index is 0.102. The number of hydrogen-bond donors (Lipinski definition) is 0. The summed E-state index contributed by atoms with van der Waals surface area (Å²) in [6.45, 7) is 4.86. The largest absolute Gasteiger partial charge is 0.309 e. The Morgan fingerprint density at radius 3 is 1.91 bits per heavy atom. The summed E-state index contributed by atoms with van der Waals surface area (Å²) >= 11 is 0. The van der Waals surface area contributed by atoms with Crippen molar-refractivity contribution >= 4 is 27.8 Å². The normalized spacial score (nSPS) is 22.8. The van der Waals surface area contributed by atoms with Gasteiger partial charge in [-0.25, -0.2) is 0 Å². The van der Waals surface area contributed by atoms with Crippen LogP contribution in [0, 0.1) is 11.8 Å². The molecule has 5 aliphatic carbocycles. The van der Waals surface area contributed by atoms with Crippen LogP contribution in [0.4, 0.5) is 17.1 Å². The molecule has 0 N–H and O–H groups in total. The molecule has 4 saturated carbocycles. The van der Waals surface area contributed by atoms with Gasteiger partial charge in [-0.2, -0.15) is 0 Å². The van der Waals surface area contributed by atoms with Crippen molar-refractivity contribution in [2.75, 3.05) is 4.90 Å². The molecule has 6 aromatic rings. The summed E-state index contributed by atoms with van der Waals surface area (Å²) < 4.78 is 0. The molecule has 0 heterocycles. The van der Waals surface area contributed by atoms with Crippen molar-refractivity contribution < 1.29 is 0 Å². The Morgan fingerprint density at radius 1 is 0.491 bits per heavy atom. The molecule has 1 heteroatoms. The number of anilines is 3. The first-order chi connectivity index (χ1) is 28.0. The maximum absolute atomic E-state index is 2.64. The lowest BCUT2D eigenvalue weighted by Gasteiger charge is -2.32. The van der Waals surface area contributed by atoms with Crippen LogP contribution in [-0.2, 0) is 5.41 Å². The Labute approximate surface area is 341 Å². The zero-order valence-electron chi connectivity index (χ0n) is 34.3. The second-order valence-electron chi connectivity index (χ2n) is 19.3. The van der Waals surface area contributed by atoms with Crippen LogP contribution in [0.2, 0.25) is 0 Å². The van der Waals surface area contributed by atoms with Crippen molar-refractivity contribution in [3.63, 3.8) is 0 Å². The summed E-state index contributed by atoms with van der Waals surface area (Å²) in [5.41, 5.74) is 16.5. The maximum atomic E-state index is 2.64. The second kappa shape index (κ2) is 14.3. The highest BCUT2D eigenvalue weighted by Crippen LogP contribution is 2.56. The quantitative estimate of drug-likeness (QED) is 0.157. The van der Waals surface area contributed by atoms with Crippen LogP contribution in [0.5, 0.6) is 0 Å². The van der Waals surface area contributed by atoms with E-state index in [2.05, 4.69) is 140 Å². The maximum Gasteiger partial charge on any atom is 0.0543 e. The van der Waals surface area contributed by atoms with Gasteiger partial charge in [0.25, 0.3) is 0 Å². The molecule has 0 radical (unpaired) electrons. The van der Waals surface area contributed by atoms with Crippen LogP contribution >= 0.6 is 0 Å². The van der Waals surface area contributed by atoms with Gasteiger partial charge in [0.2, 0.25) is 0 Å². The van der Waals surface area contributed by atoms with Crippen molar-refractivity contribution in [3.05, 3.63) is 149 Å². The van der Waals surface area contributed by atoms with Crippen molar-refractivity contribution in [3.8, 4) is 22.3 Å². The first-order valence-electron chi connectivity index (χ1n) is 22.8. The third kappa shape index (κ3) is 6.18. The Hall–Kier alpha value is -4.62. The summed E-state index contributed by atoms with van der Waals surface area (Å²) in [6.07, 6.45) is 19.2. The third-order valence-electron chi connectivity index (χ3n) is 15.8. The fourth-order valence-electron chi connectivity index (χ4n) is 12.6. The van der Waals surface area contributed by atoms with Gasteiger partial charge >= 0.3 is 0 Å². The Bertz CT molecular complexity index is 2420. The van der Waals surface area contributed by atoms with E-state index in [1.807, 2.05) is 0 Å². The molecule has 2 bridgehead atoms. The van der Waals surface area contributed by atoms with Crippen molar-refractivity contribution in [1.82, 2.24) is 0 Å². The molecule has 0 amide bonds. The lowest BCUT2D eigenvalue weighted by atomic mass is 9.81. The molecule has 11 rings (SSSR count). The van der Waals surface area contributed by atoms with Crippen LogP contribution in [0.3, 0.4) is 0 Å². The Morgan fingerprint density at radius 2 is 1.19 bits per heavy atom. The summed E-state index contributed by atoms with van der Waals surface area (Å²) in [6, 6.07) is 48.5. The van der Waals surface area contributed by atoms with Gasteiger partial charge in [-0.3, -0.25) is 0 Å². The number of rotatable bonds is 7. The van der Waals surface area contributed by atoms with E-state index in [0.29, 0.717) is 11.8 Å². The highest BCUT2D eigenvalue weighted by atomic mass is 15.1. The minimum atomic E-state index is -0.102. The number of nitrogens with zero attached hydrogens (tertiary/aromatic N) is 1. The summed E-state index contributed by atoms with van der Waals surface area (Å²) in [5.74, 6) is 3.91. The Kier molecular flexibility index (Phi) is 8.94. The predicted molar refractivity (Wildman–Crippen MR) is 241 cm³/mol. The van der Waals surface area contributed by atoms with E-state index in [4.69, 9.17) is 0 Å². The van der Waals surface area contributed by atoms with Crippen LogP contribution in [0.15, 0.2) is 121 Å². The summed E-state index contributed by atoms with van der Waals surface area (Å²) in [5, 5.41) is 2.68. The first kappa shape index (κ1) is 35.5. The molecular weight excluding hydrogens is 687 g/mol. The molecule has 3 unspecified atom stereocenters. The third-order valence-corrected chi connectivity index (χ3v) is 15.8. The highest BCUT2D eigenvalue weighted by Gasteiger charge is 2.40. The van der Waals surface area contributed by atoms with E-state index < -0.39 is 0 Å². The minimum Gasteiger partial charge on any atom is -0.309 e. The van der Waals surface area contributed by atoms with E-state index in [1.165, 1.54) is 162 Å². The average molecular weight is 746 g/mol. The van der Waals surface area contributed by atoms with Gasteiger partial charge in [0, 0.05) is 22.1 Å². The molecular formula is C56H59N. The van der Waals surface area contributed by atoms with Crippen LogP contribution in [-0.4, -0.2) is 0 Å². The lowest BCUT2D eigenvalue weighted by Crippen LogP contribution is -2.17. The van der Waals surface area contributed by atoms with Gasteiger partial charge in [0.05, 0.1) is 11.4 Å². The number of benzene rings is 6. The van der Waals surface area contributed by atoms with Gasteiger partial charge in [-0.1, -0.05) is 150 Å². The second-order valence-corrected chi connectivity index (χ2v) is 19.3. The van der Waals surface area contributed by atoms with Gasteiger partial charge in [0.15, 0.2) is 0 Å². The predicted octanol–water partition coefficient (Wildman–Crippen LogP) is 16.3. The smallest absolute Gasteiger partial charge is 0.0543 e. The molecule has 5 aliphatic rings. The zero-order valence-corrected chi connectivity index (χ0v) is 34.3. The van der Waals surface area contributed by atoms with Crippen LogP contribution in [0.25, 0.3) is 33.0 Å². The lowest BCUT2D eigenvalue weighted by molar-refractivity contribution is 0.420. The molecule has 0 aromatic heterocycles. The van der Waals surface area contributed by atoms with E-state index in [1.54, 1.807) is 5.56 Å². The fraction of sp³-hybridized carbons (Fsp3) is 0.393.